The smallest absolute Gasteiger partial charge is 0.410 e. The number of amides is 2. The molecule has 1 aromatic rings. The maximum Gasteiger partial charge on any atom is 0.410 e. The van der Waals surface area contributed by atoms with Crippen LogP contribution >= 0.6 is 0 Å². The molecule has 3 aliphatic rings. The third-order valence-electron chi connectivity index (χ3n) is 6.91. The number of nitrogens with one attached hydrogen (secondary N) is 1. The van der Waals surface area contributed by atoms with E-state index in [-0.39, 0.29) is 19.4 Å². The molecular formula is C25H30F3N3O5. The molecule has 0 radical (unpaired) electrons. The fraction of sp³-hybridized carbons (Fsp3) is 0.560. The van der Waals surface area contributed by atoms with Gasteiger partial charge in [0.2, 0.25) is 5.91 Å². The average molecular weight is 510 g/mol. The molecule has 2 amide bonds. The van der Waals surface area contributed by atoms with Gasteiger partial charge in [0.05, 0.1) is 26.7 Å². The van der Waals surface area contributed by atoms with Gasteiger partial charge in [-0.15, -0.1) is 0 Å². The van der Waals surface area contributed by atoms with E-state index >= 15 is 0 Å². The normalized spacial score (nSPS) is 26.6. The molecule has 36 heavy (non-hydrogen) atoms. The van der Waals surface area contributed by atoms with Crippen LogP contribution < -0.4 is 5.32 Å². The lowest BCUT2D eigenvalue weighted by molar-refractivity contribution is -0.160. The molecule has 4 bridgehead atoms. The highest BCUT2D eigenvalue weighted by atomic mass is 19.4. The Morgan fingerprint density at radius 1 is 1.19 bits per heavy atom. The van der Waals surface area contributed by atoms with E-state index in [4.69, 9.17) is 9.47 Å². The lowest BCUT2D eigenvalue weighted by atomic mass is 10.0. The van der Waals surface area contributed by atoms with Crippen LogP contribution in [0.25, 0.3) is 6.08 Å². The minimum atomic E-state index is -4.52. The fourth-order valence-electron chi connectivity index (χ4n) is 4.98. The van der Waals surface area contributed by atoms with Crippen LogP contribution in [-0.2, 0) is 32.2 Å². The first-order chi connectivity index (χ1) is 17.2. The quantitative estimate of drug-likeness (QED) is 0.584. The molecule has 3 aliphatic heterocycles. The van der Waals surface area contributed by atoms with Gasteiger partial charge in [-0.1, -0.05) is 36.8 Å². The molecule has 0 spiro atoms. The zero-order valence-corrected chi connectivity index (χ0v) is 20.1. The van der Waals surface area contributed by atoms with Crippen LogP contribution in [0.4, 0.5) is 18.0 Å². The molecule has 1 aromatic carbocycles. The molecule has 3 atom stereocenters. The van der Waals surface area contributed by atoms with Crippen molar-refractivity contribution >= 4 is 24.0 Å². The molecule has 1 fully saturated rings. The molecule has 1 saturated heterocycles. The summed E-state index contributed by atoms with van der Waals surface area (Å²) in [6, 6.07) is 2.91. The van der Waals surface area contributed by atoms with Crippen molar-refractivity contribution in [3.8, 4) is 0 Å². The molecule has 196 valence electrons. The lowest BCUT2D eigenvalue weighted by Crippen LogP contribution is -2.50. The molecule has 0 aromatic heterocycles. The van der Waals surface area contributed by atoms with Gasteiger partial charge in [-0.2, -0.15) is 13.2 Å². The molecular weight excluding hydrogens is 479 g/mol. The van der Waals surface area contributed by atoms with Crippen LogP contribution in [0.1, 0.15) is 48.8 Å². The summed E-state index contributed by atoms with van der Waals surface area (Å²) in [5, 5.41) is 2.32. The van der Waals surface area contributed by atoms with Crippen LogP contribution in [0, 0.1) is 0 Å². The van der Waals surface area contributed by atoms with Crippen molar-refractivity contribution < 1.29 is 37.0 Å². The second kappa shape index (κ2) is 10.9. The van der Waals surface area contributed by atoms with Gasteiger partial charge in [0.25, 0.3) is 0 Å². The minimum Gasteiger partial charge on any atom is -0.467 e. The third kappa shape index (κ3) is 5.83. The Balaban J connectivity index is 1.57. The molecule has 3 heterocycles. The van der Waals surface area contributed by atoms with Crippen molar-refractivity contribution in [2.45, 2.75) is 69.6 Å². The van der Waals surface area contributed by atoms with E-state index in [2.05, 4.69) is 5.32 Å². The number of hydrogen-bond donors (Lipinski definition) is 1. The molecule has 1 unspecified atom stereocenters. The summed E-state index contributed by atoms with van der Waals surface area (Å²) in [6.07, 6.45) is -0.655. The molecule has 0 aliphatic carbocycles. The van der Waals surface area contributed by atoms with Gasteiger partial charge in [-0.25, -0.2) is 9.59 Å². The first-order valence-electron chi connectivity index (χ1n) is 12.1. The van der Waals surface area contributed by atoms with E-state index in [1.807, 2.05) is 30.4 Å². The highest BCUT2D eigenvalue weighted by Crippen LogP contribution is 2.30. The number of rotatable bonds is 1. The van der Waals surface area contributed by atoms with Crippen molar-refractivity contribution in [1.29, 1.82) is 0 Å². The summed E-state index contributed by atoms with van der Waals surface area (Å²) in [7, 11) is 1.17. The number of carbonyl (C=O) groups is 3. The van der Waals surface area contributed by atoms with Crippen molar-refractivity contribution in [3.05, 3.63) is 41.0 Å². The number of allylic oxidation sites excluding steroid dienone is 1. The first-order valence-corrected chi connectivity index (χ1v) is 12.1. The van der Waals surface area contributed by atoms with Crippen LogP contribution in [0.15, 0.2) is 24.3 Å². The zero-order chi connectivity index (χ0) is 25.9. The predicted molar refractivity (Wildman–Crippen MR) is 123 cm³/mol. The maximum atomic E-state index is 13.6. The Morgan fingerprint density at radius 2 is 2.00 bits per heavy atom. The molecule has 1 N–H and O–H groups in total. The van der Waals surface area contributed by atoms with Gasteiger partial charge in [-0.05, 0) is 36.0 Å². The Hall–Kier alpha value is -3.08. The predicted octanol–water partition coefficient (Wildman–Crippen LogP) is 3.39. The molecule has 11 heteroatoms. The maximum absolute atomic E-state index is 13.6. The second-order valence-corrected chi connectivity index (χ2v) is 9.33. The number of ether oxygens (including phenoxy) is 2. The van der Waals surface area contributed by atoms with E-state index in [9.17, 15) is 27.6 Å². The number of hydrogen-bond acceptors (Lipinski definition) is 6. The number of benzene rings is 1. The van der Waals surface area contributed by atoms with Gasteiger partial charge in [-0.3, -0.25) is 15.0 Å². The van der Waals surface area contributed by atoms with E-state index in [0.29, 0.717) is 32.4 Å². The molecule has 8 nitrogen and oxygen atoms in total. The Bertz CT molecular complexity index is 1030. The van der Waals surface area contributed by atoms with Gasteiger partial charge in [0, 0.05) is 13.0 Å². The van der Waals surface area contributed by atoms with E-state index in [0.717, 1.165) is 21.6 Å². The van der Waals surface area contributed by atoms with Crippen LogP contribution in [0.2, 0.25) is 0 Å². The fourth-order valence-corrected chi connectivity index (χ4v) is 4.98. The highest BCUT2D eigenvalue weighted by molar-refractivity contribution is 5.86. The number of esters is 1. The lowest BCUT2D eigenvalue weighted by Gasteiger charge is -2.25. The largest absolute Gasteiger partial charge is 0.467 e. The number of fused-ring (bicyclic) bond motifs is 3. The van der Waals surface area contributed by atoms with Gasteiger partial charge in [0.1, 0.15) is 18.2 Å². The zero-order valence-electron chi connectivity index (χ0n) is 20.1. The number of nitrogens with zero attached hydrogens (tertiary/aromatic N) is 2. The van der Waals surface area contributed by atoms with Crippen molar-refractivity contribution in [2.75, 3.05) is 20.2 Å². The standard InChI is InChI=1S/C25H30F3N3O5/c1-35-23(33)20-11-18-14-31(20)22(32)12-29-21(25(26,27)28)10-5-3-2-4-7-16-8-6-9-17-13-30(15-19(16)17)24(34)36-18/h4,6-9,18,20-21,29H,2-3,5,10-15H2,1H3/b7-4+/t18-,20+,21?/m1/s1. The van der Waals surface area contributed by atoms with Crippen molar-refractivity contribution in [1.82, 2.24) is 15.1 Å². The van der Waals surface area contributed by atoms with E-state index < -0.39 is 48.9 Å². The van der Waals surface area contributed by atoms with Crippen LogP contribution in [-0.4, -0.2) is 72.3 Å². The number of alkyl halides is 3. The van der Waals surface area contributed by atoms with Gasteiger partial charge < -0.3 is 14.4 Å². The van der Waals surface area contributed by atoms with Gasteiger partial charge >= 0.3 is 18.2 Å². The van der Waals surface area contributed by atoms with E-state index in [1.165, 1.54) is 7.11 Å². The highest BCUT2D eigenvalue weighted by Gasteiger charge is 2.44. The Morgan fingerprint density at radius 3 is 2.75 bits per heavy atom. The summed E-state index contributed by atoms with van der Waals surface area (Å²) in [6.45, 7) is 0.0506. The average Bonchev–Trinajstić information content (AvgIpc) is 3.46. The number of carbonyl (C=O) groups excluding carboxylic acids is 3. The second-order valence-electron chi connectivity index (χ2n) is 9.33. The molecule has 0 saturated carbocycles. The van der Waals surface area contributed by atoms with Crippen molar-refractivity contribution in [2.24, 2.45) is 0 Å². The van der Waals surface area contributed by atoms with Crippen LogP contribution in [0.5, 0.6) is 0 Å². The van der Waals surface area contributed by atoms with Gasteiger partial charge in [0.15, 0.2) is 0 Å². The van der Waals surface area contributed by atoms with Crippen LogP contribution in [0.3, 0.4) is 0 Å². The number of halogens is 3. The topological polar surface area (TPSA) is 88.2 Å². The summed E-state index contributed by atoms with van der Waals surface area (Å²) < 4.78 is 51.1. The minimum absolute atomic E-state index is 0.0155. The first kappa shape index (κ1) is 26.0. The van der Waals surface area contributed by atoms with Crippen molar-refractivity contribution in [3.63, 3.8) is 0 Å². The Labute approximate surface area is 207 Å². The monoisotopic (exact) mass is 509 g/mol. The summed E-state index contributed by atoms with van der Waals surface area (Å²) in [4.78, 5) is 40.8. The summed E-state index contributed by atoms with van der Waals surface area (Å²) in [5.41, 5.74) is 2.96. The number of methoxy groups -OCH3 is 1. The third-order valence-corrected chi connectivity index (χ3v) is 6.91. The van der Waals surface area contributed by atoms with E-state index in [1.54, 1.807) is 4.90 Å². The summed E-state index contributed by atoms with van der Waals surface area (Å²) >= 11 is 0. The SMILES string of the molecule is COC(=O)[C@@H]1C[C@@H]2CN1C(=O)CNC(C(F)(F)F)CCCC/C=C/c1cccc3c1CN(C3)C(=O)O2. The Kier molecular flexibility index (Phi) is 7.87. The summed E-state index contributed by atoms with van der Waals surface area (Å²) in [5.74, 6) is -1.39. The molecule has 4 rings (SSSR count).